The van der Waals surface area contributed by atoms with Crippen molar-refractivity contribution < 1.29 is 14.6 Å². The first-order valence-electron chi connectivity index (χ1n) is 5.65. The van der Waals surface area contributed by atoms with Crippen molar-refractivity contribution in [1.29, 1.82) is 0 Å². The first kappa shape index (κ1) is 11.9. The predicted octanol–water partition coefficient (Wildman–Crippen LogP) is 1.19. The lowest BCUT2D eigenvalue weighted by atomic mass is 9.77. The number of nitrogens with one attached hydrogen (secondary N) is 1. The zero-order valence-electron chi connectivity index (χ0n) is 9.77. The van der Waals surface area contributed by atoms with Crippen LogP contribution in [-0.2, 0) is 11.3 Å². The molecule has 0 saturated heterocycles. The van der Waals surface area contributed by atoms with Crippen molar-refractivity contribution >= 4 is 5.97 Å². The molecule has 0 spiro atoms. The van der Waals surface area contributed by atoms with Crippen molar-refractivity contribution in [3.8, 4) is 5.88 Å². The number of rotatable bonds is 5. The van der Waals surface area contributed by atoms with Crippen LogP contribution >= 0.6 is 0 Å². The van der Waals surface area contributed by atoms with E-state index in [1.807, 2.05) is 12.1 Å². The Hall–Kier alpha value is -1.62. The average Bonchev–Trinajstić information content (AvgIpc) is 2.27. The van der Waals surface area contributed by atoms with E-state index >= 15 is 0 Å². The van der Waals surface area contributed by atoms with E-state index in [0.717, 1.165) is 12.1 Å². The van der Waals surface area contributed by atoms with E-state index in [1.54, 1.807) is 13.2 Å². The molecule has 2 N–H and O–H groups in total. The van der Waals surface area contributed by atoms with Crippen molar-refractivity contribution in [2.75, 3.05) is 7.11 Å². The van der Waals surface area contributed by atoms with Crippen LogP contribution in [0.25, 0.3) is 0 Å². The first-order valence-corrected chi connectivity index (χ1v) is 5.65. The van der Waals surface area contributed by atoms with Gasteiger partial charge in [-0.25, -0.2) is 4.98 Å². The van der Waals surface area contributed by atoms with Gasteiger partial charge in [0.2, 0.25) is 5.88 Å². The third kappa shape index (κ3) is 2.39. The Morgan fingerprint density at radius 3 is 2.88 bits per heavy atom. The molecule has 0 aromatic carbocycles. The fourth-order valence-corrected chi connectivity index (χ4v) is 1.93. The Kier molecular flexibility index (Phi) is 3.28. The van der Waals surface area contributed by atoms with Gasteiger partial charge in [-0.1, -0.05) is 6.07 Å². The lowest BCUT2D eigenvalue weighted by Crippen LogP contribution is -2.56. The minimum atomic E-state index is -0.772. The lowest BCUT2D eigenvalue weighted by Gasteiger charge is -2.38. The van der Waals surface area contributed by atoms with Crippen LogP contribution < -0.4 is 10.1 Å². The number of hydrogen-bond acceptors (Lipinski definition) is 4. The fraction of sp³-hybridized carbons (Fsp3) is 0.500. The van der Waals surface area contributed by atoms with Crippen molar-refractivity contribution in [1.82, 2.24) is 10.3 Å². The summed E-state index contributed by atoms with van der Waals surface area (Å²) < 4.78 is 5.02. The highest BCUT2D eigenvalue weighted by atomic mass is 16.5. The number of hydrogen-bond donors (Lipinski definition) is 2. The number of ether oxygens (including phenoxy) is 1. The maximum atomic E-state index is 11.1. The molecule has 1 aliphatic rings. The number of nitrogens with zero attached hydrogens (tertiary/aromatic N) is 1. The minimum Gasteiger partial charge on any atom is -0.481 e. The first-order chi connectivity index (χ1) is 8.16. The Balaban J connectivity index is 1.99. The molecule has 1 aromatic heterocycles. The summed E-state index contributed by atoms with van der Waals surface area (Å²) in [5.74, 6) is -0.228. The smallest absolute Gasteiger partial charge is 0.323 e. The van der Waals surface area contributed by atoms with Crippen molar-refractivity contribution in [3.05, 3.63) is 23.9 Å². The van der Waals surface area contributed by atoms with Crippen molar-refractivity contribution in [2.24, 2.45) is 0 Å². The summed E-state index contributed by atoms with van der Waals surface area (Å²) in [6.45, 7) is 0.448. The standard InChI is InChI=1S/C12H16N2O3/c1-17-10-5-2-4-9(14-10)8-13-12(11(15)16)6-3-7-12/h2,4-5,13H,3,6-8H2,1H3,(H,15,16). The topological polar surface area (TPSA) is 71.5 Å². The van der Waals surface area contributed by atoms with E-state index in [1.165, 1.54) is 0 Å². The van der Waals surface area contributed by atoms with Gasteiger partial charge in [-0.15, -0.1) is 0 Å². The van der Waals surface area contributed by atoms with E-state index in [-0.39, 0.29) is 0 Å². The molecule has 17 heavy (non-hydrogen) atoms. The summed E-state index contributed by atoms with van der Waals surface area (Å²) in [5, 5.41) is 12.2. The summed E-state index contributed by atoms with van der Waals surface area (Å²) in [4.78, 5) is 15.4. The van der Waals surface area contributed by atoms with Gasteiger partial charge < -0.3 is 9.84 Å². The Bertz CT molecular complexity index is 416. The normalized spacial score (nSPS) is 17.2. The molecule has 2 rings (SSSR count). The second-order valence-electron chi connectivity index (χ2n) is 4.27. The molecule has 1 aliphatic carbocycles. The summed E-state index contributed by atoms with van der Waals surface area (Å²) in [5.41, 5.74) is 0.0435. The molecule has 0 aliphatic heterocycles. The number of aliphatic carboxylic acids is 1. The summed E-state index contributed by atoms with van der Waals surface area (Å²) in [6, 6.07) is 5.46. The molecule has 0 atom stereocenters. The van der Waals surface area contributed by atoms with Gasteiger partial charge in [-0.2, -0.15) is 0 Å². The number of methoxy groups -OCH3 is 1. The molecule has 0 radical (unpaired) electrons. The van der Waals surface area contributed by atoms with Crippen LogP contribution in [0.4, 0.5) is 0 Å². The third-order valence-electron chi connectivity index (χ3n) is 3.21. The molecule has 0 amide bonds. The maximum Gasteiger partial charge on any atom is 0.323 e. The monoisotopic (exact) mass is 236 g/mol. The molecule has 92 valence electrons. The fourth-order valence-electron chi connectivity index (χ4n) is 1.93. The summed E-state index contributed by atoms with van der Waals surface area (Å²) >= 11 is 0. The number of carboxylic acids is 1. The molecular formula is C12H16N2O3. The minimum absolute atomic E-state index is 0.448. The predicted molar refractivity (Wildman–Crippen MR) is 61.8 cm³/mol. The van der Waals surface area contributed by atoms with Crippen molar-refractivity contribution in [2.45, 2.75) is 31.3 Å². The van der Waals surface area contributed by atoms with Crippen molar-refractivity contribution in [3.63, 3.8) is 0 Å². The van der Waals surface area contributed by atoms with Gasteiger partial charge >= 0.3 is 5.97 Å². The van der Waals surface area contributed by atoms with Gasteiger partial charge in [0.1, 0.15) is 5.54 Å². The second kappa shape index (κ2) is 4.71. The zero-order chi connectivity index (χ0) is 12.3. The summed E-state index contributed by atoms with van der Waals surface area (Å²) in [6.07, 6.45) is 2.34. The highest BCUT2D eigenvalue weighted by molar-refractivity contribution is 5.79. The van der Waals surface area contributed by atoms with Crippen LogP contribution in [0.2, 0.25) is 0 Å². The molecule has 5 heteroatoms. The van der Waals surface area contributed by atoms with Gasteiger partial charge in [-0.3, -0.25) is 10.1 Å². The maximum absolute atomic E-state index is 11.1. The Labute approximate surface area is 99.8 Å². The number of carboxylic acid groups (broad SMARTS) is 1. The number of aromatic nitrogens is 1. The Morgan fingerprint density at radius 2 is 2.35 bits per heavy atom. The molecule has 1 heterocycles. The van der Waals surface area contributed by atoms with Gasteiger partial charge in [0.05, 0.1) is 12.8 Å². The van der Waals surface area contributed by atoms with Gasteiger partial charge in [0, 0.05) is 12.6 Å². The Morgan fingerprint density at radius 1 is 1.59 bits per heavy atom. The van der Waals surface area contributed by atoms with Gasteiger partial charge in [0.15, 0.2) is 0 Å². The van der Waals surface area contributed by atoms with Gasteiger partial charge in [0.25, 0.3) is 0 Å². The van der Waals surface area contributed by atoms with E-state index < -0.39 is 11.5 Å². The van der Waals surface area contributed by atoms with Crippen LogP contribution in [0, 0.1) is 0 Å². The molecule has 0 bridgehead atoms. The van der Waals surface area contributed by atoms with Gasteiger partial charge in [-0.05, 0) is 25.3 Å². The molecule has 1 aromatic rings. The average molecular weight is 236 g/mol. The lowest BCUT2D eigenvalue weighted by molar-refractivity contribution is -0.148. The quantitative estimate of drug-likeness (QED) is 0.803. The molecular weight excluding hydrogens is 220 g/mol. The second-order valence-corrected chi connectivity index (χ2v) is 4.27. The molecule has 1 saturated carbocycles. The SMILES string of the molecule is COc1cccc(CNC2(C(=O)O)CCC2)n1. The molecule has 0 unspecified atom stereocenters. The van der Waals surface area contributed by atoms with Crippen LogP contribution in [0.1, 0.15) is 25.0 Å². The van der Waals surface area contributed by atoms with Crippen LogP contribution in [0.3, 0.4) is 0 Å². The highest BCUT2D eigenvalue weighted by Gasteiger charge is 2.43. The zero-order valence-corrected chi connectivity index (χ0v) is 9.77. The largest absolute Gasteiger partial charge is 0.481 e. The van der Waals surface area contributed by atoms with Crippen LogP contribution in [-0.4, -0.2) is 28.7 Å². The molecule has 5 nitrogen and oxygen atoms in total. The van der Waals surface area contributed by atoms with Crippen LogP contribution in [0.5, 0.6) is 5.88 Å². The third-order valence-corrected chi connectivity index (χ3v) is 3.21. The van der Waals surface area contributed by atoms with E-state index in [0.29, 0.717) is 25.3 Å². The number of carbonyl (C=O) groups is 1. The van der Waals surface area contributed by atoms with E-state index in [4.69, 9.17) is 9.84 Å². The van der Waals surface area contributed by atoms with E-state index in [9.17, 15) is 4.79 Å². The highest BCUT2D eigenvalue weighted by Crippen LogP contribution is 2.32. The van der Waals surface area contributed by atoms with Crippen LogP contribution in [0.15, 0.2) is 18.2 Å². The summed E-state index contributed by atoms with van der Waals surface area (Å²) in [7, 11) is 1.56. The molecule has 1 fully saturated rings. The van der Waals surface area contributed by atoms with E-state index in [2.05, 4.69) is 10.3 Å². The number of pyridine rings is 1.